The van der Waals surface area contributed by atoms with Crippen LogP contribution in [-0.4, -0.2) is 12.7 Å². The number of ether oxygens (including phenoxy) is 1. The molecule has 0 aromatic carbocycles. The lowest BCUT2D eigenvalue weighted by Gasteiger charge is -2.15. The molecule has 0 fully saturated rings. The van der Waals surface area contributed by atoms with Gasteiger partial charge >= 0.3 is 0 Å². The summed E-state index contributed by atoms with van der Waals surface area (Å²) in [5, 5.41) is 0. The molecule has 0 amide bonds. The molecule has 0 aliphatic heterocycles. The molecule has 1 unspecified atom stereocenters. The van der Waals surface area contributed by atoms with Gasteiger partial charge in [-0.2, -0.15) is 0 Å². The van der Waals surface area contributed by atoms with Crippen molar-refractivity contribution in [1.82, 2.24) is 0 Å². The molecule has 0 aromatic heterocycles. The van der Waals surface area contributed by atoms with Gasteiger partial charge in [-0.25, -0.2) is 0 Å². The second kappa shape index (κ2) is 8.06. The van der Waals surface area contributed by atoms with Gasteiger partial charge in [0.05, 0.1) is 6.10 Å². The van der Waals surface area contributed by atoms with Gasteiger partial charge in [0.15, 0.2) is 0 Å². The van der Waals surface area contributed by atoms with E-state index in [0.717, 1.165) is 19.4 Å². The molecule has 0 aliphatic carbocycles. The summed E-state index contributed by atoms with van der Waals surface area (Å²) in [6.45, 7) is 7.42. The highest BCUT2D eigenvalue weighted by Gasteiger charge is 2.05. The van der Waals surface area contributed by atoms with Gasteiger partial charge in [-0.3, -0.25) is 0 Å². The lowest BCUT2D eigenvalue weighted by atomic mass is 10.1. The fourth-order valence-electron chi connectivity index (χ4n) is 1.09. The second-order valence-electron chi connectivity index (χ2n) is 2.84. The van der Waals surface area contributed by atoms with Crippen molar-refractivity contribution in [3.8, 4) is 0 Å². The third-order valence-corrected chi connectivity index (χ3v) is 1.61. The highest BCUT2D eigenvalue weighted by molar-refractivity contribution is 4.74. The average Bonchev–Trinajstić information content (AvgIpc) is 2.01. The first-order valence-corrected chi connectivity index (χ1v) is 4.80. The quantitative estimate of drug-likeness (QED) is 0.551. The van der Waals surface area contributed by atoms with E-state index in [1.807, 2.05) is 0 Å². The Morgan fingerprint density at radius 2 is 1.91 bits per heavy atom. The number of rotatable bonds is 7. The van der Waals surface area contributed by atoms with Crippen LogP contribution < -0.4 is 0 Å². The topological polar surface area (TPSA) is 9.23 Å². The van der Waals surface area contributed by atoms with Gasteiger partial charge in [0.2, 0.25) is 0 Å². The SMILES string of the molecule is CC[CH]C(CCC)OCCC. The van der Waals surface area contributed by atoms with E-state index in [0.29, 0.717) is 6.10 Å². The van der Waals surface area contributed by atoms with E-state index in [4.69, 9.17) is 4.74 Å². The van der Waals surface area contributed by atoms with Crippen LogP contribution in [0.15, 0.2) is 0 Å². The summed E-state index contributed by atoms with van der Waals surface area (Å²) in [5.41, 5.74) is 0. The van der Waals surface area contributed by atoms with Crippen molar-refractivity contribution in [2.24, 2.45) is 0 Å². The van der Waals surface area contributed by atoms with Crippen LogP contribution in [0.1, 0.15) is 46.5 Å². The molecular weight excluding hydrogens is 136 g/mol. The summed E-state index contributed by atoms with van der Waals surface area (Å²) in [7, 11) is 0. The fourth-order valence-corrected chi connectivity index (χ4v) is 1.09. The number of hydrogen-bond acceptors (Lipinski definition) is 1. The minimum Gasteiger partial charge on any atom is -0.378 e. The van der Waals surface area contributed by atoms with Crippen molar-refractivity contribution in [3.63, 3.8) is 0 Å². The zero-order valence-corrected chi connectivity index (χ0v) is 8.10. The molecule has 1 radical (unpaired) electrons. The van der Waals surface area contributed by atoms with Crippen molar-refractivity contribution in [3.05, 3.63) is 6.42 Å². The Bertz CT molecular complexity index is 65.3. The van der Waals surface area contributed by atoms with E-state index < -0.39 is 0 Å². The molecule has 0 heterocycles. The Morgan fingerprint density at radius 1 is 1.18 bits per heavy atom. The third-order valence-electron chi connectivity index (χ3n) is 1.61. The van der Waals surface area contributed by atoms with Gasteiger partial charge < -0.3 is 4.74 Å². The molecule has 0 N–H and O–H groups in total. The molecule has 67 valence electrons. The van der Waals surface area contributed by atoms with Crippen LogP contribution in [0.4, 0.5) is 0 Å². The third kappa shape index (κ3) is 6.36. The predicted octanol–water partition coefficient (Wildman–Crippen LogP) is 3.20. The Morgan fingerprint density at radius 3 is 2.36 bits per heavy atom. The molecule has 11 heavy (non-hydrogen) atoms. The largest absolute Gasteiger partial charge is 0.378 e. The summed E-state index contributed by atoms with van der Waals surface area (Å²) >= 11 is 0. The minimum atomic E-state index is 0.407. The van der Waals surface area contributed by atoms with Gasteiger partial charge in [0, 0.05) is 6.61 Å². The van der Waals surface area contributed by atoms with Crippen LogP contribution in [-0.2, 0) is 4.74 Å². The maximum Gasteiger partial charge on any atom is 0.0606 e. The molecule has 1 heteroatoms. The number of hydrogen-bond donors (Lipinski definition) is 0. The average molecular weight is 157 g/mol. The maximum absolute atomic E-state index is 5.62. The zero-order valence-electron chi connectivity index (χ0n) is 8.10. The molecular formula is C10H21O. The standard InChI is InChI=1S/C10H21O/c1-4-7-10(8-5-2)11-9-6-3/h7,10H,4-6,8-9H2,1-3H3. The molecule has 0 aliphatic rings. The Hall–Kier alpha value is -0.0400. The second-order valence-corrected chi connectivity index (χ2v) is 2.84. The summed E-state index contributed by atoms with van der Waals surface area (Å²) in [6.07, 6.45) is 7.30. The monoisotopic (exact) mass is 157 g/mol. The van der Waals surface area contributed by atoms with E-state index in [1.54, 1.807) is 0 Å². The molecule has 0 saturated heterocycles. The highest BCUT2D eigenvalue weighted by Crippen LogP contribution is 2.08. The highest BCUT2D eigenvalue weighted by atomic mass is 16.5. The zero-order chi connectivity index (χ0) is 8.53. The van der Waals surface area contributed by atoms with Crippen LogP contribution in [0.5, 0.6) is 0 Å². The van der Waals surface area contributed by atoms with Crippen LogP contribution in [0.2, 0.25) is 0 Å². The van der Waals surface area contributed by atoms with Crippen molar-refractivity contribution in [2.45, 2.75) is 52.6 Å². The Balaban J connectivity index is 3.34. The summed E-state index contributed by atoms with van der Waals surface area (Å²) in [6, 6.07) is 0. The van der Waals surface area contributed by atoms with Crippen LogP contribution in [0.3, 0.4) is 0 Å². The van der Waals surface area contributed by atoms with E-state index in [2.05, 4.69) is 27.2 Å². The smallest absolute Gasteiger partial charge is 0.0606 e. The first kappa shape index (κ1) is 11.0. The minimum absolute atomic E-state index is 0.407. The predicted molar refractivity (Wildman–Crippen MR) is 49.5 cm³/mol. The van der Waals surface area contributed by atoms with Gasteiger partial charge in [-0.05, 0) is 19.3 Å². The van der Waals surface area contributed by atoms with Gasteiger partial charge in [-0.1, -0.05) is 33.6 Å². The summed E-state index contributed by atoms with van der Waals surface area (Å²) in [5.74, 6) is 0. The van der Waals surface area contributed by atoms with Crippen molar-refractivity contribution < 1.29 is 4.74 Å². The molecule has 0 rings (SSSR count). The summed E-state index contributed by atoms with van der Waals surface area (Å²) < 4.78 is 5.62. The Kier molecular flexibility index (Phi) is 8.03. The van der Waals surface area contributed by atoms with Crippen molar-refractivity contribution in [1.29, 1.82) is 0 Å². The lowest BCUT2D eigenvalue weighted by molar-refractivity contribution is 0.0672. The molecule has 1 nitrogen and oxygen atoms in total. The molecule has 1 atom stereocenters. The van der Waals surface area contributed by atoms with Gasteiger partial charge in [-0.15, -0.1) is 0 Å². The summed E-state index contributed by atoms with van der Waals surface area (Å²) in [4.78, 5) is 0. The van der Waals surface area contributed by atoms with E-state index in [-0.39, 0.29) is 0 Å². The van der Waals surface area contributed by atoms with E-state index in [9.17, 15) is 0 Å². The first-order chi connectivity index (χ1) is 5.35. The van der Waals surface area contributed by atoms with Crippen LogP contribution in [0.25, 0.3) is 0 Å². The van der Waals surface area contributed by atoms with E-state index >= 15 is 0 Å². The van der Waals surface area contributed by atoms with Crippen LogP contribution >= 0.6 is 0 Å². The molecule has 0 spiro atoms. The van der Waals surface area contributed by atoms with Crippen LogP contribution in [0, 0.1) is 6.42 Å². The molecule has 0 saturated carbocycles. The van der Waals surface area contributed by atoms with Gasteiger partial charge in [0.25, 0.3) is 0 Å². The van der Waals surface area contributed by atoms with Crippen molar-refractivity contribution in [2.75, 3.05) is 6.61 Å². The fraction of sp³-hybridized carbons (Fsp3) is 0.900. The lowest BCUT2D eigenvalue weighted by Crippen LogP contribution is -2.13. The maximum atomic E-state index is 5.62. The molecule has 0 bridgehead atoms. The molecule has 0 aromatic rings. The van der Waals surface area contributed by atoms with Gasteiger partial charge in [0.1, 0.15) is 0 Å². The van der Waals surface area contributed by atoms with Crippen molar-refractivity contribution >= 4 is 0 Å². The first-order valence-electron chi connectivity index (χ1n) is 4.80. The Labute approximate surface area is 71.1 Å². The van der Waals surface area contributed by atoms with E-state index in [1.165, 1.54) is 12.8 Å². The normalized spacial score (nSPS) is 10.9.